The maximum atomic E-state index is 14.0. The van der Waals surface area contributed by atoms with Crippen molar-refractivity contribution in [2.45, 2.75) is 19.1 Å². The highest BCUT2D eigenvalue weighted by atomic mass is 19.4. The molecule has 0 spiro atoms. The zero-order valence-electron chi connectivity index (χ0n) is 18.9. The lowest BCUT2D eigenvalue weighted by atomic mass is 9.99. The van der Waals surface area contributed by atoms with E-state index in [-0.39, 0.29) is 11.5 Å². The van der Waals surface area contributed by atoms with Gasteiger partial charge in [-0.25, -0.2) is 4.98 Å². The number of hydrogen-bond acceptors (Lipinski definition) is 6. The van der Waals surface area contributed by atoms with E-state index in [2.05, 4.69) is 25.5 Å². The molecular weight excluding hydrogens is 471 g/mol. The van der Waals surface area contributed by atoms with Gasteiger partial charge in [-0.1, -0.05) is 36.4 Å². The first-order chi connectivity index (χ1) is 17.2. The molecule has 36 heavy (non-hydrogen) atoms. The number of H-pyrrole nitrogens is 1. The predicted octanol–water partition coefficient (Wildman–Crippen LogP) is 4.94. The third kappa shape index (κ3) is 4.15. The van der Waals surface area contributed by atoms with E-state index in [9.17, 15) is 18.0 Å². The number of hydrogen-bond donors (Lipinski definition) is 3. The molecule has 182 valence electrons. The molecule has 5 rings (SSSR count). The van der Waals surface area contributed by atoms with E-state index in [1.54, 1.807) is 55.7 Å². The minimum absolute atomic E-state index is 0.304. The second kappa shape index (κ2) is 8.84. The van der Waals surface area contributed by atoms with Crippen LogP contribution in [0.2, 0.25) is 0 Å². The predicted molar refractivity (Wildman–Crippen MR) is 131 cm³/mol. The highest BCUT2D eigenvalue weighted by Crippen LogP contribution is 2.35. The van der Waals surface area contributed by atoms with Gasteiger partial charge in [0.2, 0.25) is 5.95 Å². The molecular formula is C25H20F3N7O. The number of fused-ring (bicyclic) bond motifs is 1. The summed E-state index contributed by atoms with van der Waals surface area (Å²) in [4.78, 5) is 21.2. The highest BCUT2D eigenvalue weighted by molar-refractivity contribution is 5.96. The second-order valence-electron chi connectivity index (χ2n) is 8.16. The monoisotopic (exact) mass is 491 g/mol. The van der Waals surface area contributed by atoms with Crippen molar-refractivity contribution >= 4 is 22.5 Å². The largest absolute Gasteiger partial charge is 0.421 e. The van der Waals surface area contributed by atoms with Crippen LogP contribution < -0.4 is 16.6 Å². The molecule has 0 radical (unpaired) electrons. The summed E-state index contributed by atoms with van der Waals surface area (Å²) in [6.45, 7) is 1.65. The van der Waals surface area contributed by atoms with E-state index in [4.69, 9.17) is 5.73 Å². The van der Waals surface area contributed by atoms with Crippen LogP contribution in [0.25, 0.3) is 27.6 Å². The van der Waals surface area contributed by atoms with Crippen molar-refractivity contribution in [3.8, 4) is 16.8 Å². The third-order valence-corrected chi connectivity index (χ3v) is 5.81. The summed E-state index contributed by atoms with van der Waals surface area (Å²) in [6, 6.07) is 15.3. The molecule has 3 aromatic heterocycles. The lowest BCUT2D eigenvalue weighted by molar-refractivity contribution is -0.137. The number of nitrogens with one attached hydrogen (secondary N) is 2. The van der Waals surface area contributed by atoms with Crippen LogP contribution in [0.1, 0.15) is 24.2 Å². The van der Waals surface area contributed by atoms with Gasteiger partial charge in [0, 0.05) is 29.3 Å². The van der Waals surface area contributed by atoms with Crippen LogP contribution in [0.4, 0.5) is 24.9 Å². The lowest BCUT2D eigenvalue weighted by Gasteiger charge is -2.23. The Kier molecular flexibility index (Phi) is 5.67. The van der Waals surface area contributed by atoms with Gasteiger partial charge < -0.3 is 11.1 Å². The maximum absolute atomic E-state index is 14.0. The van der Waals surface area contributed by atoms with Crippen molar-refractivity contribution in [3.05, 3.63) is 94.8 Å². The number of para-hydroxylation sites is 1. The van der Waals surface area contributed by atoms with Crippen LogP contribution in [0.5, 0.6) is 0 Å². The molecule has 0 aliphatic rings. The normalized spacial score (nSPS) is 12.6. The fourth-order valence-electron chi connectivity index (χ4n) is 4.17. The fourth-order valence-corrected chi connectivity index (χ4v) is 4.17. The minimum Gasteiger partial charge on any atom is -0.368 e. The van der Waals surface area contributed by atoms with Crippen LogP contribution >= 0.6 is 0 Å². The van der Waals surface area contributed by atoms with E-state index >= 15 is 0 Å². The van der Waals surface area contributed by atoms with E-state index in [1.165, 1.54) is 4.57 Å². The smallest absolute Gasteiger partial charge is 0.368 e. The molecule has 0 bridgehead atoms. The van der Waals surface area contributed by atoms with Crippen molar-refractivity contribution in [1.82, 2.24) is 24.7 Å². The van der Waals surface area contributed by atoms with Gasteiger partial charge in [-0.2, -0.15) is 23.3 Å². The van der Waals surface area contributed by atoms with Crippen molar-refractivity contribution in [2.75, 3.05) is 11.1 Å². The standard InChI is InChI=1S/C25H20F3N7O/c1-14(33-22-19(25(26,27)28)13-30-24(29)34-22)20-10-15-6-5-9-18(16-11-31-32-12-16)21(15)23(36)35(20)17-7-3-2-4-8-17/h2-14H,1H3,(H,31,32)(H3,29,30,33,34). The second-order valence-corrected chi connectivity index (χ2v) is 8.16. The Labute approximate surface area is 202 Å². The summed E-state index contributed by atoms with van der Waals surface area (Å²) in [5, 5.41) is 10.6. The zero-order valence-corrected chi connectivity index (χ0v) is 18.9. The summed E-state index contributed by atoms with van der Waals surface area (Å²) in [5.74, 6) is -0.775. The Morgan fingerprint density at radius 1 is 1.08 bits per heavy atom. The Morgan fingerprint density at radius 3 is 2.56 bits per heavy atom. The Balaban J connectivity index is 1.73. The van der Waals surface area contributed by atoms with Crippen LogP contribution in [0, 0.1) is 0 Å². The SMILES string of the molecule is CC(Nc1nc(N)ncc1C(F)(F)F)c1cc2cccc(-c3cn[nH]c3)c2c(=O)n1-c1ccccc1. The van der Waals surface area contributed by atoms with E-state index in [0.29, 0.717) is 33.9 Å². The summed E-state index contributed by atoms with van der Waals surface area (Å²) in [5.41, 5.74) is 6.62. The fraction of sp³-hybridized carbons (Fsp3) is 0.120. The van der Waals surface area contributed by atoms with Crippen molar-refractivity contribution in [3.63, 3.8) is 0 Å². The molecule has 3 heterocycles. The molecule has 5 aromatic rings. The summed E-state index contributed by atoms with van der Waals surface area (Å²) >= 11 is 0. The molecule has 8 nitrogen and oxygen atoms in total. The molecule has 0 fully saturated rings. The number of benzene rings is 2. The molecule has 0 aliphatic heterocycles. The van der Waals surface area contributed by atoms with E-state index in [0.717, 1.165) is 5.56 Å². The Bertz CT molecular complexity index is 1600. The van der Waals surface area contributed by atoms with Gasteiger partial charge in [-0.15, -0.1) is 0 Å². The molecule has 2 aromatic carbocycles. The van der Waals surface area contributed by atoms with Gasteiger partial charge in [-0.05, 0) is 36.1 Å². The molecule has 11 heteroatoms. The van der Waals surface area contributed by atoms with E-state index in [1.807, 2.05) is 18.2 Å². The van der Waals surface area contributed by atoms with Crippen LogP contribution in [0.3, 0.4) is 0 Å². The number of nitrogens with zero attached hydrogens (tertiary/aromatic N) is 4. The topological polar surface area (TPSA) is 115 Å². The highest BCUT2D eigenvalue weighted by Gasteiger charge is 2.35. The van der Waals surface area contributed by atoms with Gasteiger partial charge in [0.05, 0.1) is 17.6 Å². The molecule has 4 N–H and O–H groups in total. The number of alkyl halides is 3. The van der Waals surface area contributed by atoms with Crippen LogP contribution in [0.15, 0.2) is 78.0 Å². The molecule has 1 atom stereocenters. The summed E-state index contributed by atoms with van der Waals surface area (Å²) in [7, 11) is 0. The summed E-state index contributed by atoms with van der Waals surface area (Å²) in [6.07, 6.45) is -0.744. The number of nitrogens with two attached hydrogens (primary N) is 1. The number of anilines is 2. The third-order valence-electron chi connectivity index (χ3n) is 5.81. The Morgan fingerprint density at radius 2 is 1.86 bits per heavy atom. The molecule has 0 amide bonds. The number of halogens is 3. The van der Waals surface area contributed by atoms with Crippen LogP contribution in [-0.2, 0) is 6.18 Å². The van der Waals surface area contributed by atoms with Crippen molar-refractivity contribution in [2.24, 2.45) is 0 Å². The first kappa shape index (κ1) is 23.1. The number of aromatic nitrogens is 5. The van der Waals surface area contributed by atoms with Crippen molar-refractivity contribution < 1.29 is 13.2 Å². The average Bonchev–Trinajstić information content (AvgIpc) is 3.38. The summed E-state index contributed by atoms with van der Waals surface area (Å²) < 4.78 is 42.3. The van der Waals surface area contributed by atoms with Gasteiger partial charge in [0.15, 0.2) is 0 Å². The lowest BCUT2D eigenvalue weighted by Crippen LogP contribution is -2.26. The first-order valence-corrected chi connectivity index (χ1v) is 10.9. The van der Waals surface area contributed by atoms with Crippen LogP contribution in [-0.4, -0.2) is 24.7 Å². The van der Waals surface area contributed by atoms with Gasteiger partial charge in [0.25, 0.3) is 5.56 Å². The van der Waals surface area contributed by atoms with E-state index < -0.39 is 23.6 Å². The van der Waals surface area contributed by atoms with Gasteiger partial charge in [0.1, 0.15) is 11.4 Å². The number of pyridine rings is 1. The number of aromatic amines is 1. The Hall–Kier alpha value is -4.67. The van der Waals surface area contributed by atoms with Gasteiger partial charge in [-0.3, -0.25) is 14.5 Å². The molecule has 0 saturated heterocycles. The first-order valence-electron chi connectivity index (χ1n) is 10.9. The number of rotatable bonds is 5. The molecule has 1 unspecified atom stereocenters. The maximum Gasteiger partial charge on any atom is 0.421 e. The number of nitrogen functional groups attached to an aromatic ring is 1. The average molecular weight is 491 g/mol. The minimum atomic E-state index is -4.70. The van der Waals surface area contributed by atoms with Crippen molar-refractivity contribution in [1.29, 1.82) is 0 Å². The zero-order chi connectivity index (χ0) is 25.4. The van der Waals surface area contributed by atoms with Gasteiger partial charge >= 0.3 is 6.18 Å². The molecule has 0 saturated carbocycles. The molecule has 0 aliphatic carbocycles. The quantitative estimate of drug-likeness (QED) is 0.321.